The third kappa shape index (κ3) is 3.74. The number of aryl methyl sites for hydroxylation is 2. The molecule has 0 atom stereocenters. The summed E-state index contributed by atoms with van der Waals surface area (Å²) in [7, 11) is 1.63. The lowest BCUT2D eigenvalue weighted by Gasteiger charge is -2.11. The maximum Gasteiger partial charge on any atom is 0.195 e. The van der Waals surface area contributed by atoms with Crippen molar-refractivity contribution in [1.29, 1.82) is 0 Å². The van der Waals surface area contributed by atoms with Crippen LogP contribution in [0.4, 0.5) is 0 Å². The van der Waals surface area contributed by atoms with Gasteiger partial charge in [0, 0.05) is 16.9 Å². The first-order chi connectivity index (χ1) is 12.1. The fraction of sp³-hybridized carbons (Fsp3) is 0.211. The Morgan fingerprint density at radius 2 is 2.04 bits per heavy atom. The van der Waals surface area contributed by atoms with Crippen molar-refractivity contribution in [2.45, 2.75) is 24.8 Å². The van der Waals surface area contributed by atoms with Gasteiger partial charge in [0.1, 0.15) is 18.4 Å². The van der Waals surface area contributed by atoms with Crippen molar-refractivity contribution in [2.24, 2.45) is 0 Å². The van der Waals surface area contributed by atoms with Crippen LogP contribution in [0.25, 0.3) is 5.69 Å². The lowest BCUT2D eigenvalue weighted by atomic mass is 10.1. The van der Waals surface area contributed by atoms with E-state index >= 15 is 0 Å². The van der Waals surface area contributed by atoms with E-state index in [-0.39, 0.29) is 0 Å². The van der Waals surface area contributed by atoms with Crippen molar-refractivity contribution in [3.05, 3.63) is 65.0 Å². The number of hydrogen-bond donors (Lipinski definition) is 0. The summed E-state index contributed by atoms with van der Waals surface area (Å²) in [5, 5.41) is 9.09. The molecular weight excluding hydrogens is 334 g/mol. The lowest BCUT2D eigenvalue weighted by molar-refractivity contribution is 0.112. The van der Waals surface area contributed by atoms with E-state index in [2.05, 4.69) is 42.2 Å². The molecule has 5 nitrogen and oxygen atoms in total. The number of ether oxygens (including phenoxy) is 1. The molecule has 6 heteroatoms. The summed E-state index contributed by atoms with van der Waals surface area (Å²) in [6.45, 7) is 4.15. The summed E-state index contributed by atoms with van der Waals surface area (Å²) in [5.41, 5.74) is 5.03. The normalized spacial score (nSPS) is 10.7. The highest BCUT2D eigenvalue weighted by Gasteiger charge is 2.12. The van der Waals surface area contributed by atoms with E-state index in [4.69, 9.17) is 4.74 Å². The largest absolute Gasteiger partial charge is 0.496 e. The number of thioether (sulfide) groups is 1. The van der Waals surface area contributed by atoms with E-state index in [0.29, 0.717) is 11.3 Å². The molecule has 0 bridgehead atoms. The van der Waals surface area contributed by atoms with Gasteiger partial charge < -0.3 is 4.74 Å². The van der Waals surface area contributed by atoms with Crippen molar-refractivity contribution in [3.8, 4) is 11.4 Å². The molecule has 3 aromatic rings. The molecule has 0 aliphatic heterocycles. The molecule has 2 aromatic carbocycles. The Hall–Kier alpha value is -2.60. The van der Waals surface area contributed by atoms with Gasteiger partial charge in [-0.3, -0.25) is 9.36 Å². The number of benzene rings is 2. The molecule has 1 aromatic heterocycles. The van der Waals surface area contributed by atoms with E-state index in [1.165, 1.54) is 11.1 Å². The average molecular weight is 353 g/mol. The lowest BCUT2D eigenvalue weighted by Crippen LogP contribution is -1.99. The molecule has 128 valence electrons. The topological polar surface area (TPSA) is 57.0 Å². The van der Waals surface area contributed by atoms with Crippen molar-refractivity contribution in [3.63, 3.8) is 0 Å². The molecule has 1 heterocycles. The zero-order valence-corrected chi connectivity index (χ0v) is 15.2. The fourth-order valence-corrected chi connectivity index (χ4v) is 3.59. The van der Waals surface area contributed by atoms with E-state index < -0.39 is 0 Å². The van der Waals surface area contributed by atoms with E-state index in [0.717, 1.165) is 28.4 Å². The Morgan fingerprint density at radius 3 is 2.76 bits per heavy atom. The highest BCUT2D eigenvalue weighted by atomic mass is 32.2. The number of aromatic nitrogens is 3. The van der Waals surface area contributed by atoms with Gasteiger partial charge in [-0.15, -0.1) is 10.2 Å². The van der Waals surface area contributed by atoms with E-state index in [1.54, 1.807) is 31.3 Å². The number of methoxy groups -OCH3 is 1. The van der Waals surface area contributed by atoms with Crippen LogP contribution in [0.3, 0.4) is 0 Å². The molecule has 0 N–H and O–H groups in total. The van der Waals surface area contributed by atoms with Gasteiger partial charge in [0.15, 0.2) is 5.16 Å². The maximum atomic E-state index is 11.0. The maximum absolute atomic E-state index is 11.0. The first-order valence-electron chi connectivity index (χ1n) is 7.85. The van der Waals surface area contributed by atoms with Gasteiger partial charge in [-0.05, 0) is 43.7 Å². The highest BCUT2D eigenvalue weighted by molar-refractivity contribution is 7.98. The van der Waals surface area contributed by atoms with Crippen LogP contribution in [-0.4, -0.2) is 28.2 Å². The summed E-state index contributed by atoms with van der Waals surface area (Å²) >= 11 is 1.56. The first-order valence-corrected chi connectivity index (χ1v) is 8.83. The SMILES string of the molecule is COc1ccc(C=O)cc1CSc1nncn1-c1ccc(C)cc1C. The third-order valence-electron chi connectivity index (χ3n) is 3.93. The summed E-state index contributed by atoms with van der Waals surface area (Å²) in [4.78, 5) is 11.0. The minimum Gasteiger partial charge on any atom is -0.496 e. The van der Waals surface area contributed by atoms with Crippen LogP contribution in [0.2, 0.25) is 0 Å². The number of aldehydes is 1. The monoisotopic (exact) mass is 353 g/mol. The fourth-order valence-electron chi connectivity index (χ4n) is 2.69. The zero-order chi connectivity index (χ0) is 17.8. The van der Waals surface area contributed by atoms with Crippen molar-refractivity contribution in [2.75, 3.05) is 7.11 Å². The van der Waals surface area contributed by atoms with Crippen LogP contribution >= 0.6 is 11.8 Å². The van der Waals surface area contributed by atoms with Crippen LogP contribution in [-0.2, 0) is 5.75 Å². The molecule has 0 aliphatic rings. The summed E-state index contributed by atoms with van der Waals surface area (Å²) < 4.78 is 7.37. The van der Waals surface area contributed by atoms with Gasteiger partial charge in [0.25, 0.3) is 0 Å². The Bertz CT molecular complexity index is 905. The molecule has 0 aliphatic carbocycles. The van der Waals surface area contributed by atoms with Gasteiger partial charge in [0.2, 0.25) is 0 Å². The molecule has 0 saturated heterocycles. The highest BCUT2D eigenvalue weighted by Crippen LogP contribution is 2.29. The molecule has 0 fully saturated rings. The van der Waals surface area contributed by atoms with Crippen LogP contribution in [0.15, 0.2) is 47.9 Å². The minimum absolute atomic E-state index is 0.632. The number of rotatable bonds is 6. The standard InChI is InChI=1S/C19H19N3O2S/c1-13-4-6-17(14(2)8-13)22-12-20-21-19(22)25-11-16-9-15(10-23)5-7-18(16)24-3/h4-10,12H,11H2,1-3H3. The molecular formula is C19H19N3O2S. The second kappa shape index (κ2) is 7.53. The van der Waals surface area contributed by atoms with Crippen LogP contribution in [0, 0.1) is 13.8 Å². The van der Waals surface area contributed by atoms with E-state index in [9.17, 15) is 4.79 Å². The predicted octanol–water partition coefficient (Wildman–Crippen LogP) is 4.00. The molecule has 0 radical (unpaired) electrons. The number of carbonyl (C=O) groups excluding carboxylic acids is 1. The van der Waals surface area contributed by atoms with Crippen molar-refractivity contribution < 1.29 is 9.53 Å². The smallest absolute Gasteiger partial charge is 0.195 e. The van der Waals surface area contributed by atoms with Crippen LogP contribution in [0.1, 0.15) is 27.0 Å². The summed E-state index contributed by atoms with van der Waals surface area (Å²) in [6.07, 6.45) is 2.56. The number of carbonyl (C=O) groups is 1. The number of nitrogens with zero attached hydrogens (tertiary/aromatic N) is 3. The molecule has 25 heavy (non-hydrogen) atoms. The molecule has 0 saturated carbocycles. The summed E-state index contributed by atoms with van der Waals surface area (Å²) in [6, 6.07) is 11.7. The molecule has 0 spiro atoms. The Kier molecular flexibility index (Phi) is 5.19. The van der Waals surface area contributed by atoms with Gasteiger partial charge in [-0.1, -0.05) is 29.5 Å². The van der Waals surface area contributed by atoms with Crippen molar-refractivity contribution >= 4 is 18.0 Å². The van der Waals surface area contributed by atoms with Gasteiger partial charge in [-0.25, -0.2) is 0 Å². The Labute approximate surface area is 151 Å². The Morgan fingerprint density at radius 1 is 1.20 bits per heavy atom. The van der Waals surface area contributed by atoms with Crippen LogP contribution < -0.4 is 4.74 Å². The third-order valence-corrected chi connectivity index (χ3v) is 4.92. The zero-order valence-electron chi connectivity index (χ0n) is 14.4. The second-order valence-electron chi connectivity index (χ2n) is 5.75. The molecule has 0 amide bonds. The van der Waals surface area contributed by atoms with Crippen molar-refractivity contribution in [1.82, 2.24) is 14.8 Å². The van der Waals surface area contributed by atoms with Gasteiger partial charge >= 0.3 is 0 Å². The molecule has 0 unspecified atom stereocenters. The van der Waals surface area contributed by atoms with Crippen LogP contribution in [0.5, 0.6) is 5.75 Å². The Balaban J connectivity index is 1.86. The molecule has 3 rings (SSSR count). The minimum atomic E-state index is 0.632. The predicted molar refractivity (Wildman–Crippen MR) is 98.8 cm³/mol. The summed E-state index contributed by atoms with van der Waals surface area (Å²) in [5.74, 6) is 1.39. The van der Waals surface area contributed by atoms with E-state index in [1.807, 2.05) is 16.7 Å². The number of hydrogen-bond acceptors (Lipinski definition) is 5. The van der Waals surface area contributed by atoms with Gasteiger partial charge in [-0.2, -0.15) is 0 Å². The quantitative estimate of drug-likeness (QED) is 0.495. The average Bonchev–Trinajstić information content (AvgIpc) is 3.08. The van der Waals surface area contributed by atoms with Gasteiger partial charge in [0.05, 0.1) is 12.8 Å². The second-order valence-corrected chi connectivity index (χ2v) is 6.69. The first kappa shape index (κ1) is 17.2.